The zero-order chi connectivity index (χ0) is 13.9. The van der Waals surface area contributed by atoms with Gasteiger partial charge in [0.15, 0.2) is 0 Å². The number of hydrogen-bond donors (Lipinski definition) is 1. The molecule has 19 heavy (non-hydrogen) atoms. The van der Waals surface area contributed by atoms with Crippen LogP contribution in [0.3, 0.4) is 0 Å². The molecule has 0 spiro atoms. The molecule has 0 bridgehead atoms. The third-order valence-corrected chi connectivity index (χ3v) is 3.57. The molecule has 3 heteroatoms. The van der Waals surface area contributed by atoms with Gasteiger partial charge in [-0.05, 0) is 19.4 Å². The predicted molar refractivity (Wildman–Crippen MR) is 82.3 cm³/mol. The second-order valence-corrected chi connectivity index (χ2v) is 5.29. The third-order valence-electron chi connectivity index (χ3n) is 3.57. The zero-order valence-electron chi connectivity index (χ0n) is 13.0. The second-order valence-electron chi connectivity index (χ2n) is 5.29. The van der Waals surface area contributed by atoms with Crippen molar-refractivity contribution < 1.29 is 0 Å². The van der Waals surface area contributed by atoms with Gasteiger partial charge in [0.05, 0.1) is 6.04 Å². The van der Waals surface area contributed by atoms with E-state index in [0.717, 1.165) is 13.1 Å². The van der Waals surface area contributed by atoms with Gasteiger partial charge < -0.3 is 9.88 Å². The first-order valence-electron chi connectivity index (χ1n) is 8.07. The van der Waals surface area contributed by atoms with Gasteiger partial charge in [-0.25, -0.2) is 4.98 Å². The van der Waals surface area contributed by atoms with Crippen LogP contribution in [0.4, 0.5) is 0 Å². The maximum Gasteiger partial charge on any atom is 0.125 e. The van der Waals surface area contributed by atoms with Crippen LogP contribution in [-0.4, -0.2) is 16.1 Å². The summed E-state index contributed by atoms with van der Waals surface area (Å²) in [7, 11) is 0. The molecule has 0 amide bonds. The third kappa shape index (κ3) is 5.77. The zero-order valence-corrected chi connectivity index (χ0v) is 13.0. The topological polar surface area (TPSA) is 29.9 Å². The Labute approximate surface area is 118 Å². The van der Waals surface area contributed by atoms with Crippen molar-refractivity contribution in [3.05, 3.63) is 18.2 Å². The molecule has 1 rings (SSSR count). The van der Waals surface area contributed by atoms with E-state index in [1.807, 2.05) is 6.20 Å². The molecule has 0 aliphatic rings. The van der Waals surface area contributed by atoms with Crippen LogP contribution in [0.2, 0.25) is 0 Å². The highest BCUT2D eigenvalue weighted by Gasteiger charge is 2.15. The summed E-state index contributed by atoms with van der Waals surface area (Å²) in [6, 6.07) is 0.424. The fraction of sp³-hybridized carbons (Fsp3) is 0.812. The van der Waals surface area contributed by atoms with Crippen molar-refractivity contribution in [2.45, 2.75) is 78.3 Å². The highest BCUT2D eigenvalue weighted by Crippen LogP contribution is 2.19. The van der Waals surface area contributed by atoms with Crippen LogP contribution < -0.4 is 5.32 Å². The van der Waals surface area contributed by atoms with Gasteiger partial charge in [-0.2, -0.15) is 0 Å². The van der Waals surface area contributed by atoms with Gasteiger partial charge in [-0.3, -0.25) is 0 Å². The van der Waals surface area contributed by atoms with Gasteiger partial charge in [0.1, 0.15) is 5.82 Å². The number of nitrogens with one attached hydrogen (secondary N) is 1. The van der Waals surface area contributed by atoms with Gasteiger partial charge >= 0.3 is 0 Å². The molecule has 1 heterocycles. The Balaban J connectivity index is 2.48. The van der Waals surface area contributed by atoms with Gasteiger partial charge in [-0.15, -0.1) is 0 Å². The molecule has 0 fully saturated rings. The fourth-order valence-electron chi connectivity index (χ4n) is 2.58. The first-order chi connectivity index (χ1) is 9.33. The van der Waals surface area contributed by atoms with Crippen molar-refractivity contribution in [1.29, 1.82) is 0 Å². The van der Waals surface area contributed by atoms with Crippen LogP contribution in [0.1, 0.15) is 77.6 Å². The van der Waals surface area contributed by atoms with E-state index in [4.69, 9.17) is 0 Å². The van der Waals surface area contributed by atoms with E-state index in [1.54, 1.807) is 0 Å². The van der Waals surface area contributed by atoms with E-state index in [9.17, 15) is 0 Å². The first-order valence-corrected chi connectivity index (χ1v) is 8.07. The molecular weight excluding hydrogens is 234 g/mol. The highest BCUT2D eigenvalue weighted by molar-refractivity contribution is 4.99. The maximum absolute atomic E-state index is 4.57. The van der Waals surface area contributed by atoms with E-state index in [2.05, 4.69) is 41.8 Å². The lowest BCUT2D eigenvalue weighted by atomic mass is 10.1. The number of unbranched alkanes of at least 4 members (excludes halogenated alkanes) is 4. The van der Waals surface area contributed by atoms with Gasteiger partial charge in [-0.1, -0.05) is 52.9 Å². The molecule has 0 aliphatic carbocycles. The molecule has 0 aromatic carbocycles. The van der Waals surface area contributed by atoms with Crippen LogP contribution in [0, 0.1) is 0 Å². The molecule has 0 saturated heterocycles. The van der Waals surface area contributed by atoms with Crippen molar-refractivity contribution in [2.75, 3.05) is 6.54 Å². The number of rotatable bonds is 11. The summed E-state index contributed by atoms with van der Waals surface area (Å²) in [5.74, 6) is 1.22. The summed E-state index contributed by atoms with van der Waals surface area (Å²) in [6.07, 6.45) is 13.1. The lowest BCUT2D eigenvalue weighted by molar-refractivity contribution is 0.440. The van der Waals surface area contributed by atoms with Crippen LogP contribution >= 0.6 is 0 Å². The predicted octanol–water partition coefficient (Wildman–Crippen LogP) is 4.30. The number of aromatic nitrogens is 2. The molecule has 0 aliphatic heterocycles. The molecule has 0 saturated carbocycles. The number of aryl methyl sites for hydroxylation is 1. The highest BCUT2D eigenvalue weighted by atomic mass is 15.1. The van der Waals surface area contributed by atoms with Crippen molar-refractivity contribution in [1.82, 2.24) is 14.9 Å². The minimum Gasteiger partial charge on any atom is -0.334 e. The smallest absolute Gasteiger partial charge is 0.125 e. The molecule has 1 unspecified atom stereocenters. The quantitative estimate of drug-likeness (QED) is 0.604. The summed E-state index contributed by atoms with van der Waals surface area (Å²) >= 11 is 0. The van der Waals surface area contributed by atoms with Crippen molar-refractivity contribution >= 4 is 0 Å². The van der Waals surface area contributed by atoms with Gasteiger partial charge in [0.25, 0.3) is 0 Å². The van der Waals surface area contributed by atoms with E-state index >= 15 is 0 Å². The van der Waals surface area contributed by atoms with E-state index in [-0.39, 0.29) is 0 Å². The average molecular weight is 265 g/mol. The molecule has 3 nitrogen and oxygen atoms in total. The van der Waals surface area contributed by atoms with Crippen LogP contribution in [0.25, 0.3) is 0 Å². The van der Waals surface area contributed by atoms with E-state index < -0.39 is 0 Å². The Morgan fingerprint density at radius 1 is 1.11 bits per heavy atom. The van der Waals surface area contributed by atoms with Gasteiger partial charge in [0.2, 0.25) is 0 Å². The van der Waals surface area contributed by atoms with Gasteiger partial charge in [0, 0.05) is 18.9 Å². The minimum atomic E-state index is 0.424. The summed E-state index contributed by atoms with van der Waals surface area (Å²) in [4.78, 5) is 4.57. The molecular formula is C16H31N3. The molecule has 1 aromatic heterocycles. The Bertz CT molecular complexity index is 320. The van der Waals surface area contributed by atoms with Crippen molar-refractivity contribution in [3.8, 4) is 0 Å². The van der Waals surface area contributed by atoms with Crippen LogP contribution in [0.5, 0.6) is 0 Å². The standard InChI is InChI=1S/C16H31N3/c1-4-7-8-9-10-11-15(17-6-3)16-18-12-14-19(16)13-5-2/h12,14-15,17H,4-11,13H2,1-3H3. The van der Waals surface area contributed by atoms with Crippen molar-refractivity contribution in [2.24, 2.45) is 0 Å². The molecule has 1 aromatic rings. The summed E-state index contributed by atoms with van der Waals surface area (Å²) in [5, 5.41) is 3.59. The fourth-order valence-corrected chi connectivity index (χ4v) is 2.58. The number of hydrogen-bond acceptors (Lipinski definition) is 2. The molecule has 0 radical (unpaired) electrons. The monoisotopic (exact) mass is 265 g/mol. The average Bonchev–Trinajstić information content (AvgIpc) is 2.86. The second kappa shape index (κ2) is 10.0. The van der Waals surface area contributed by atoms with Crippen LogP contribution in [-0.2, 0) is 6.54 Å². The lowest BCUT2D eigenvalue weighted by Crippen LogP contribution is -2.24. The normalized spacial score (nSPS) is 12.8. The van der Waals surface area contributed by atoms with E-state index in [1.165, 1.54) is 50.8 Å². The number of imidazole rings is 1. The number of nitrogens with zero attached hydrogens (tertiary/aromatic N) is 2. The molecule has 1 N–H and O–H groups in total. The largest absolute Gasteiger partial charge is 0.334 e. The molecule has 1 atom stereocenters. The Hall–Kier alpha value is -0.830. The Morgan fingerprint density at radius 2 is 1.89 bits per heavy atom. The van der Waals surface area contributed by atoms with E-state index in [0.29, 0.717) is 6.04 Å². The summed E-state index contributed by atoms with van der Waals surface area (Å²) in [5.41, 5.74) is 0. The van der Waals surface area contributed by atoms with Crippen LogP contribution in [0.15, 0.2) is 12.4 Å². The SMILES string of the molecule is CCCCCCCC(NCC)c1nccn1CCC. The summed E-state index contributed by atoms with van der Waals surface area (Å²) in [6.45, 7) is 8.75. The first kappa shape index (κ1) is 16.2. The minimum absolute atomic E-state index is 0.424. The molecule has 110 valence electrons. The lowest BCUT2D eigenvalue weighted by Gasteiger charge is -2.19. The maximum atomic E-state index is 4.57. The van der Waals surface area contributed by atoms with Crippen molar-refractivity contribution in [3.63, 3.8) is 0 Å². The summed E-state index contributed by atoms with van der Waals surface area (Å²) < 4.78 is 2.30. The Morgan fingerprint density at radius 3 is 2.58 bits per heavy atom. The Kier molecular flexibility index (Phi) is 8.55.